The molecule has 1 aromatic heterocycles. The summed E-state index contributed by atoms with van der Waals surface area (Å²) in [5.41, 5.74) is -0.0895. The summed E-state index contributed by atoms with van der Waals surface area (Å²) in [5.74, 6) is 2.61. The fourth-order valence-corrected chi connectivity index (χ4v) is 1.66. The number of nitrogens with one attached hydrogen (secondary N) is 1. The van der Waals surface area contributed by atoms with Crippen molar-refractivity contribution in [1.82, 2.24) is 9.78 Å². The molecule has 0 spiro atoms. The van der Waals surface area contributed by atoms with Crippen molar-refractivity contribution < 1.29 is 0 Å². The number of halogens is 1. The lowest BCUT2D eigenvalue weighted by molar-refractivity contribution is 0.500. The number of rotatable bonds is 3. The maximum Gasteiger partial charge on any atom is 0.283 e. The summed E-state index contributed by atoms with van der Waals surface area (Å²) < 4.78 is 1.86. The molecule has 5 heteroatoms. The second-order valence-electron chi connectivity index (χ2n) is 4.61. The zero-order valence-corrected chi connectivity index (χ0v) is 12.0. The molecule has 0 atom stereocenters. The number of aromatic nitrogens is 2. The molecule has 0 aliphatic rings. The summed E-state index contributed by atoms with van der Waals surface area (Å²) in [5, 5.41) is 7.18. The quantitative estimate of drug-likeness (QED) is 0.872. The van der Waals surface area contributed by atoms with Gasteiger partial charge in [0, 0.05) is 0 Å². The summed E-state index contributed by atoms with van der Waals surface area (Å²) in [4.78, 5) is 12.0. The van der Waals surface area contributed by atoms with Crippen molar-refractivity contribution in [3.05, 3.63) is 21.0 Å². The molecule has 0 aliphatic heterocycles. The SMILES string of the molecule is C#CC(C)(C)Nc1cnn(C(C)C)c(=O)c1Br. The molecule has 0 amide bonds. The zero-order valence-electron chi connectivity index (χ0n) is 10.4. The van der Waals surface area contributed by atoms with E-state index >= 15 is 0 Å². The largest absolute Gasteiger partial charge is 0.367 e. The van der Waals surface area contributed by atoms with Gasteiger partial charge in [-0.1, -0.05) is 5.92 Å². The molecule has 17 heavy (non-hydrogen) atoms. The summed E-state index contributed by atoms with van der Waals surface area (Å²) >= 11 is 3.28. The van der Waals surface area contributed by atoms with Gasteiger partial charge in [-0.25, -0.2) is 4.68 Å². The summed E-state index contributed by atoms with van der Waals surface area (Å²) in [6.07, 6.45) is 6.99. The molecule has 1 rings (SSSR count). The van der Waals surface area contributed by atoms with E-state index in [-0.39, 0.29) is 11.6 Å². The lowest BCUT2D eigenvalue weighted by atomic mass is 10.1. The molecule has 1 N–H and O–H groups in total. The monoisotopic (exact) mass is 297 g/mol. The summed E-state index contributed by atoms with van der Waals surface area (Å²) in [6, 6.07) is 0.0218. The van der Waals surface area contributed by atoms with Crippen LogP contribution in [-0.4, -0.2) is 15.3 Å². The number of terminal acetylenes is 1. The van der Waals surface area contributed by atoms with Gasteiger partial charge in [0.05, 0.1) is 23.5 Å². The first-order valence-electron chi connectivity index (χ1n) is 5.32. The molecular formula is C12H16BrN3O. The third kappa shape index (κ3) is 3.10. The summed E-state index contributed by atoms with van der Waals surface area (Å²) in [7, 11) is 0. The Morgan fingerprint density at radius 1 is 1.59 bits per heavy atom. The average molecular weight is 298 g/mol. The van der Waals surface area contributed by atoms with E-state index in [4.69, 9.17) is 6.42 Å². The third-order valence-corrected chi connectivity index (χ3v) is 3.01. The van der Waals surface area contributed by atoms with Crippen LogP contribution in [0.4, 0.5) is 5.69 Å². The normalized spacial score (nSPS) is 11.4. The smallest absolute Gasteiger partial charge is 0.283 e. The molecule has 0 bridgehead atoms. The van der Waals surface area contributed by atoms with E-state index < -0.39 is 5.54 Å². The number of hydrogen-bond acceptors (Lipinski definition) is 3. The Bertz CT molecular complexity index is 511. The molecule has 0 saturated carbocycles. The Hall–Kier alpha value is -1.28. The Morgan fingerprint density at radius 2 is 2.18 bits per heavy atom. The van der Waals surface area contributed by atoms with Gasteiger partial charge in [0.15, 0.2) is 0 Å². The van der Waals surface area contributed by atoms with Crippen molar-refractivity contribution in [2.45, 2.75) is 39.3 Å². The minimum Gasteiger partial charge on any atom is -0.367 e. The zero-order chi connectivity index (χ0) is 13.2. The van der Waals surface area contributed by atoms with Crippen LogP contribution in [0, 0.1) is 12.3 Å². The predicted molar refractivity (Wildman–Crippen MR) is 73.1 cm³/mol. The molecule has 1 heterocycles. The highest BCUT2D eigenvalue weighted by atomic mass is 79.9. The molecule has 0 unspecified atom stereocenters. The van der Waals surface area contributed by atoms with Gasteiger partial charge in [0.2, 0.25) is 0 Å². The van der Waals surface area contributed by atoms with Crippen molar-refractivity contribution in [2.75, 3.05) is 5.32 Å². The first kappa shape index (κ1) is 13.8. The van der Waals surface area contributed by atoms with Crippen LogP contribution in [0.15, 0.2) is 15.5 Å². The predicted octanol–water partition coefficient (Wildman–Crippen LogP) is 2.41. The molecule has 0 radical (unpaired) electrons. The highest BCUT2D eigenvalue weighted by Gasteiger charge is 2.17. The minimum atomic E-state index is -0.527. The van der Waals surface area contributed by atoms with Gasteiger partial charge in [-0.2, -0.15) is 5.10 Å². The van der Waals surface area contributed by atoms with Crippen LogP contribution in [0.3, 0.4) is 0 Å². The molecule has 0 aromatic carbocycles. The van der Waals surface area contributed by atoms with Crippen molar-refractivity contribution in [3.8, 4) is 12.3 Å². The molecule has 0 fully saturated rings. The molecule has 92 valence electrons. The fourth-order valence-electron chi connectivity index (χ4n) is 1.27. The van der Waals surface area contributed by atoms with E-state index in [1.165, 1.54) is 4.68 Å². The van der Waals surface area contributed by atoms with Gasteiger partial charge in [0.25, 0.3) is 5.56 Å². The van der Waals surface area contributed by atoms with Crippen molar-refractivity contribution >= 4 is 21.6 Å². The van der Waals surface area contributed by atoms with E-state index in [0.717, 1.165) is 0 Å². The fraction of sp³-hybridized carbons (Fsp3) is 0.500. The van der Waals surface area contributed by atoms with E-state index in [0.29, 0.717) is 10.2 Å². The van der Waals surface area contributed by atoms with E-state index in [1.807, 2.05) is 27.7 Å². The lowest BCUT2D eigenvalue weighted by Crippen LogP contribution is -2.32. The highest BCUT2D eigenvalue weighted by Crippen LogP contribution is 2.21. The van der Waals surface area contributed by atoms with Gasteiger partial charge in [0.1, 0.15) is 4.47 Å². The van der Waals surface area contributed by atoms with E-state index in [1.54, 1.807) is 6.20 Å². The van der Waals surface area contributed by atoms with Gasteiger partial charge in [-0.15, -0.1) is 6.42 Å². The maximum atomic E-state index is 12.0. The number of anilines is 1. The Kier molecular flexibility index (Phi) is 3.99. The van der Waals surface area contributed by atoms with Gasteiger partial charge >= 0.3 is 0 Å². The first-order chi connectivity index (χ1) is 7.78. The van der Waals surface area contributed by atoms with Gasteiger partial charge in [-0.05, 0) is 43.6 Å². The topological polar surface area (TPSA) is 46.9 Å². The van der Waals surface area contributed by atoms with Crippen molar-refractivity contribution in [2.24, 2.45) is 0 Å². The molecule has 1 aromatic rings. The van der Waals surface area contributed by atoms with Crippen LogP contribution in [0.2, 0.25) is 0 Å². The molecule has 4 nitrogen and oxygen atoms in total. The Labute approximate surface area is 110 Å². The standard InChI is InChI=1S/C12H16BrN3O/c1-6-12(4,5)15-9-7-14-16(8(2)3)11(17)10(9)13/h1,7-8,15H,2-5H3. The van der Waals surface area contributed by atoms with E-state index in [2.05, 4.69) is 32.3 Å². The summed E-state index contributed by atoms with van der Waals surface area (Å²) in [6.45, 7) is 7.51. The minimum absolute atomic E-state index is 0.0218. The number of nitrogens with zero attached hydrogens (tertiary/aromatic N) is 2. The maximum absolute atomic E-state index is 12.0. The Morgan fingerprint density at radius 3 is 2.65 bits per heavy atom. The van der Waals surface area contributed by atoms with Crippen LogP contribution in [-0.2, 0) is 0 Å². The lowest BCUT2D eigenvalue weighted by Gasteiger charge is -2.22. The molecule has 0 saturated heterocycles. The average Bonchev–Trinajstić information content (AvgIpc) is 2.24. The van der Waals surface area contributed by atoms with Crippen LogP contribution < -0.4 is 10.9 Å². The number of hydrogen-bond donors (Lipinski definition) is 1. The first-order valence-corrected chi connectivity index (χ1v) is 6.11. The van der Waals surface area contributed by atoms with Gasteiger partial charge in [-0.3, -0.25) is 4.79 Å². The molecule has 0 aliphatic carbocycles. The van der Waals surface area contributed by atoms with E-state index in [9.17, 15) is 4.79 Å². The second-order valence-corrected chi connectivity index (χ2v) is 5.40. The van der Waals surface area contributed by atoms with Crippen LogP contribution in [0.25, 0.3) is 0 Å². The molecular weight excluding hydrogens is 282 g/mol. The van der Waals surface area contributed by atoms with Crippen LogP contribution >= 0.6 is 15.9 Å². The van der Waals surface area contributed by atoms with Crippen LogP contribution in [0.1, 0.15) is 33.7 Å². The third-order valence-electron chi connectivity index (χ3n) is 2.24. The Balaban J connectivity index is 3.20. The van der Waals surface area contributed by atoms with Crippen molar-refractivity contribution in [3.63, 3.8) is 0 Å². The van der Waals surface area contributed by atoms with Gasteiger partial charge < -0.3 is 5.32 Å². The second kappa shape index (κ2) is 4.92. The van der Waals surface area contributed by atoms with Crippen LogP contribution in [0.5, 0.6) is 0 Å². The highest BCUT2D eigenvalue weighted by molar-refractivity contribution is 9.10. The van der Waals surface area contributed by atoms with Crippen molar-refractivity contribution in [1.29, 1.82) is 0 Å².